The van der Waals surface area contributed by atoms with Crippen LogP contribution in [0.5, 0.6) is 0 Å². The molecule has 0 unspecified atom stereocenters. The van der Waals surface area contributed by atoms with Crippen molar-refractivity contribution < 1.29 is 19.7 Å². The Bertz CT molecular complexity index is 418. The minimum absolute atomic E-state index is 0.0272. The van der Waals surface area contributed by atoms with E-state index in [0.29, 0.717) is 6.42 Å². The number of ether oxygens (including phenoxy) is 1. The van der Waals surface area contributed by atoms with Gasteiger partial charge in [0.1, 0.15) is 6.10 Å². The summed E-state index contributed by atoms with van der Waals surface area (Å²) in [4.78, 5) is 11.9. The maximum atomic E-state index is 11.9. The van der Waals surface area contributed by atoms with Crippen LogP contribution in [0.1, 0.15) is 32.6 Å². The molecule has 0 aromatic heterocycles. The van der Waals surface area contributed by atoms with E-state index in [1.54, 1.807) is 0 Å². The fraction of sp³-hybridized carbons (Fsp3) is 0.800. The zero-order valence-corrected chi connectivity index (χ0v) is 11.3. The molecule has 0 aromatic carbocycles. The Hall–Kier alpha value is -0.870. The van der Waals surface area contributed by atoms with Gasteiger partial charge in [0.25, 0.3) is 0 Å². The Morgan fingerprint density at radius 3 is 2.95 bits per heavy atom. The van der Waals surface area contributed by atoms with Crippen LogP contribution >= 0.6 is 0 Å². The topological polar surface area (TPSA) is 66.8 Å². The Labute approximate surface area is 113 Å². The van der Waals surface area contributed by atoms with E-state index >= 15 is 0 Å². The quantitative estimate of drug-likeness (QED) is 0.554. The van der Waals surface area contributed by atoms with E-state index in [4.69, 9.17) is 4.74 Å². The molecule has 106 valence electrons. The SMILES string of the molecule is C=C1C[C@H](O)C[C@]2(C)CC[C@@H]3[C@H](OC(=O)[C@H]3CO)[C@@H]12. The van der Waals surface area contributed by atoms with Crippen molar-refractivity contribution in [1.29, 1.82) is 0 Å². The van der Waals surface area contributed by atoms with E-state index < -0.39 is 0 Å². The Kier molecular flexibility index (Phi) is 2.98. The summed E-state index contributed by atoms with van der Waals surface area (Å²) < 4.78 is 5.57. The number of fused-ring (bicyclic) bond motifs is 3. The van der Waals surface area contributed by atoms with Crippen LogP contribution in [0.2, 0.25) is 0 Å². The summed E-state index contributed by atoms with van der Waals surface area (Å²) in [6.45, 7) is 6.16. The lowest BCUT2D eigenvalue weighted by Gasteiger charge is -2.51. The van der Waals surface area contributed by atoms with Crippen LogP contribution in [0.15, 0.2) is 12.2 Å². The van der Waals surface area contributed by atoms with Gasteiger partial charge in [-0.1, -0.05) is 19.1 Å². The molecule has 2 aliphatic carbocycles. The third-order valence-electron chi connectivity index (χ3n) is 5.46. The number of aliphatic hydroxyl groups is 2. The molecule has 1 saturated heterocycles. The fourth-order valence-electron chi connectivity index (χ4n) is 4.65. The molecule has 0 radical (unpaired) electrons. The molecule has 4 nitrogen and oxygen atoms in total. The van der Waals surface area contributed by atoms with Crippen LogP contribution < -0.4 is 0 Å². The molecule has 0 aromatic rings. The van der Waals surface area contributed by atoms with E-state index in [-0.39, 0.29) is 48.0 Å². The van der Waals surface area contributed by atoms with Crippen LogP contribution in [0, 0.1) is 23.2 Å². The summed E-state index contributed by atoms with van der Waals surface area (Å²) in [5.41, 5.74) is 0.975. The molecule has 4 heteroatoms. The normalized spacial score (nSPS) is 49.5. The zero-order chi connectivity index (χ0) is 13.8. The molecule has 2 N–H and O–H groups in total. The van der Waals surface area contributed by atoms with E-state index in [9.17, 15) is 15.0 Å². The van der Waals surface area contributed by atoms with Crippen molar-refractivity contribution in [3.63, 3.8) is 0 Å². The summed E-state index contributed by atoms with van der Waals surface area (Å²) in [5, 5.41) is 19.3. The first-order chi connectivity index (χ1) is 8.96. The standard InChI is InChI=1S/C15H22O4/c1-8-5-9(17)6-15(2)4-3-10-11(7-16)14(18)19-13(10)12(8)15/h9-13,16-17H,1,3-7H2,2H3/t9-,10-,11-,12+,13-,15-/m0/s1. The first-order valence-corrected chi connectivity index (χ1v) is 7.13. The van der Waals surface area contributed by atoms with Gasteiger partial charge in [-0.05, 0) is 31.1 Å². The maximum Gasteiger partial charge on any atom is 0.312 e. The maximum absolute atomic E-state index is 11.9. The van der Waals surface area contributed by atoms with Gasteiger partial charge in [-0.15, -0.1) is 0 Å². The largest absolute Gasteiger partial charge is 0.461 e. The highest BCUT2D eigenvalue weighted by Crippen LogP contribution is 2.57. The minimum Gasteiger partial charge on any atom is -0.461 e. The second-order valence-electron chi connectivity index (χ2n) is 6.75. The van der Waals surface area contributed by atoms with Gasteiger partial charge in [-0.2, -0.15) is 0 Å². The van der Waals surface area contributed by atoms with Crippen LogP contribution in [-0.2, 0) is 9.53 Å². The molecule has 0 spiro atoms. The first-order valence-electron chi connectivity index (χ1n) is 7.13. The highest BCUT2D eigenvalue weighted by atomic mass is 16.6. The molecule has 1 aliphatic heterocycles. The van der Waals surface area contributed by atoms with Crippen molar-refractivity contribution in [2.75, 3.05) is 6.61 Å². The Morgan fingerprint density at radius 2 is 2.26 bits per heavy atom. The summed E-state index contributed by atoms with van der Waals surface area (Å²) in [7, 11) is 0. The molecule has 1 heterocycles. The first kappa shape index (κ1) is 13.1. The number of esters is 1. The van der Waals surface area contributed by atoms with Gasteiger partial charge < -0.3 is 14.9 Å². The lowest BCUT2D eigenvalue weighted by Crippen LogP contribution is -2.50. The predicted molar refractivity (Wildman–Crippen MR) is 69.2 cm³/mol. The van der Waals surface area contributed by atoms with Crippen molar-refractivity contribution in [2.45, 2.75) is 44.8 Å². The summed E-state index contributed by atoms with van der Waals surface area (Å²) in [6.07, 6.45) is 2.72. The van der Waals surface area contributed by atoms with E-state index in [1.807, 2.05) is 0 Å². The molecule has 3 aliphatic rings. The van der Waals surface area contributed by atoms with Gasteiger partial charge in [0.15, 0.2) is 0 Å². The zero-order valence-electron chi connectivity index (χ0n) is 11.3. The highest BCUT2D eigenvalue weighted by molar-refractivity contribution is 5.75. The number of carbonyl (C=O) groups excluding carboxylic acids is 1. The number of rotatable bonds is 1. The fourth-order valence-corrected chi connectivity index (χ4v) is 4.65. The lowest BCUT2D eigenvalue weighted by atomic mass is 9.54. The molecule has 3 rings (SSSR count). The Balaban J connectivity index is 1.92. The smallest absolute Gasteiger partial charge is 0.312 e. The second-order valence-corrected chi connectivity index (χ2v) is 6.75. The van der Waals surface area contributed by atoms with Crippen molar-refractivity contribution in [3.05, 3.63) is 12.2 Å². The monoisotopic (exact) mass is 266 g/mol. The van der Waals surface area contributed by atoms with Crippen LogP contribution in [0.3, 0.4) is 0 Å². The van der Waals surface area contributed by atoms with Gasteiger partial charge in [0, 0.05) is 11.8 Å². The summed E-state index contributed by atoms with van der Waals surface area (Å²) in [5.74, 6) is -0.382. The summed E-state index contributed by atoms with van der Waals surface area (Å²) >= 11 is 0. The molecular formula is C15H22O4. The van der Waals surface area contributed by atoms with Gasteiger partial charge in [-0.3, -0.25) is 4.79 Å². The molecule has 19 heavy (non-hydrogen) atoms. The van der Waals surface area contributed by atoms with Crippen molar-refractivity contribution >= 4 is 5.97 Å². The van der Waals surface area contributed by atoms with Gasteiger partial charge >= 0.3 is 5.97 Å². The van der Waals surface area contributed by atoms with E-state index in [2.05, 4.69) is 13.5 Å². The molecule has 0 amide bonds. The van der Waals surface area contributed by atoms with Crippen LogP contribution in [0.4, 0.5) is 0 Å². The predicted octanol–water partition coefficient (Wildman–Crippen LogP) is 1.26. The average Bonchev–Trinajstić information content (AvgIpc) is 2.62. The number of hydrogen-bond donors (Lipinski definition) is 2. The molecule has 2 saturated carbocycles. The molecular weight excluding hydrogens is 244 g/mol. The third-order valence-corrected chi connectivity index (χ3v) is 5.46. The van der Waals surface area contributed by atoms with Crippen LogP contribution in [-0.4, -0.2) is 35.0 Å². The van der Waals surface area contributed by atoms with Crippen molar-refractivity contribution in [3.8, 4) is 0 Å². The van der Waals surface area contributed by atoms with Gasteiger partial charge in [-0.25, -0.2) is 0 Å². The average molecular weight is 266 g/mol. The molecule has 3 fully saturated rings. The number of aliphatic hydroxyl groups excluding tert-OH is 2. The number of carbonyl (C=O) groups is 1. The second kappa shape index (κ2) is 4.32. The third kappa shape index (κ3) is 1.84. The van der Waals surface area contributed by atoms with Crippen LogP contribution in [0.25, 0.3) is 0 Å². The highest BCUT2D eigenvalue weighted by Gasteiger charge is 2.58. The van der Waals surface area contributed by atoms with E-state index in [0.717, 1.165) is 24.8 Å². The van der Waals surface area contributed by atoms with E-state index in [1.165, 1.54) is 0 Å². The molecule has 6 atom stereocenters. The lowest BCUT2D eigenvalue weighted by molar-refractivity contribution is -0.149. The van der Waals surface area contributed by atoms with Crippen molar-refractivity contribution in [2.24, 2.45) is 23.2 Å². The minimum atomic E-state index is -0.366. The van der Waals surface area contributed by atoms with Gasteiger partial charge in [0.05, 0.1) is 18.6 Å². The summed E-state index contributed by atoms with van der Waals surface area (Å²) in [6, 6.07) is 0. The Morgan fingerprint density at radius 1 is 1.53 bits per heavy atom. The number of hydrogen-bond acceptors (Lipinski definition) is 4. The van der Waals surface area contributed by atoms with Crippen molar-refractivity contribution in [1.82, 2.24) is 0 Å². The van der Waals surface area contributed by atoms with Gasteiger partial charge in [0.2, 0.25) is 0 Å². The molecule has 0 bridgehead atoms.